The van der Waals surface area contributed by atoms with Crippen molar-refractivity contribution in [2.24, 2.45) is 0 Å². The van der Waals surface area contributed by atoms with Crippen LogP contribution in [-0.2, 0) is 0 Å². The number of aromatic nitrogens is 1. The molecule has 1 heterocycles. The van der Waals surface area contributed by atoms with Gasteiger partial charge in [0.25, 0.3) is 5.91 Å². The van der Waals surface area contributed by atoms with Crippen LogP contribution in [0.3, 0.4) is 0 Å². The number of carbonyl (C=O) groups excluding carboxylic acids is 1. The molecule has 0 fully saturated rings. The molecule has 0 unspecified atom stereocenters. The van der Waals surface area contributed by atoms with E-state index in [0.717, 1.165) is 33.9 Å². The third-order valence-electron chi connectivity index (χ3n) is 4.87. The predicted octanol–water partition coefficient (Wildman–Crippen LogP) is 4.52. The van der Waals surface area contributed by atoms with E-state index in [4.69, 9.17) is 9.72 Å². The lowest BCUT2D eigenvalue weighted by Gasteiger charge is -2.22. The van der Waals surface area contributed by atoms with E-state index in [9.17, 15) is 4.79 Å². The van der Waals surface area contributed by atoms with Gasteiger partial charge in [-0.05, 0) is 70.2 Å². The second-order valence-electron chi connectivity index (χ2n) is 7.16. The molecule has 0 atom stereocenters. The summed E-state index contributed by atoms with van der Waals surface area (Å²) in [6.07, 6.45) is 0.863. The Kier molecular flexibility index (Phi) is 6.31. The van der Waals surface area contributed by atoms with Gasteiger partial charge in [0.15, 0.2) is 5.13 Å². The summed E-state index contributed by atoms with van der Waals surface area (Å²) in [5, 5.41) is 0.735. The lowest BCUT2D eigenvalue weighted by atomic mass is 10.1. The molecule has 0 aliphatic rings. The number of hydrogen-bond acceptors (Lipinski definition) is 5. The maximum atomic E-state index is 13.4. The number of benzene rings is 2. The van der Waals surface area contributed by atoms with Crippen molar-refractivity contribution in [1.29, 1.82) is 0 Å². The van der Waals surface area contributed by atoms with Crippen LogP contribution in [0.15, 0.2) is 36.4 Å². The van der Waals surface area contributed by atoms with E-state index in [2.05, 4.69) is 30.9 Å². The first-order valence-corrected chi connectivity index (χ1v) is 10.2. The molecule has 0 saturated carbocycles. The SMILES string of the molecule is COc1ccccc1C(=O)N(CCCN(C)C)c1nc2c(C)c(C)ccc2s1. The zero-order valence-electron chi connectivity index (χ0n) is 17.2. The van der Waals surface area contributed by atoms with E-state index in [1.807, 2.05) is 38.4 Å². The van der Waals surface area contributed by atoms with E-state index in [-0.39, 0.29) is 5.91 Å². The monoisotopic (exact) mass is 397 g/mol. The van der Waals surface area contributed by atoms with Gasteiger partial charge >= 0.3 is 0 Å². The summed E-state index contributed by atoms with van der Waals surface area (Å²) in [6, 6.07) is 11.6. The minimum atomic E-state index is -0.0790. The van der Waals surface area contributed by atoms with Gasteiger partial charge in [-0.2, -0.15) is 0 Å². The molecule has 0 N–H and O–H groups in total. The summed E-state index contributed by atoms with van der Waals surface area (Å²) >= 11 is 1.56. The van der Waals surface area contributed by atoms with Gasteiger partial charge in [0, 0.05) is 6.54 Å². The van der Waals surface area contributed by atoms with Crippen LogP contribution < -0.4 is 9.64 Å². The predicted molar refractivity (Wildman–Crippen MR) is 117 cm³/mol. The van der Waals surface area contributed by atoms with E-state index < -0.39 is 0 Å². The number of methoxy groups -OCH3 is 1. The average molecular weight is 398 g/mol. The Hall–Kier alpha value is -2.44. The molecule has 148 valence electrons. The van der Waals surface area contributed by atoms with Gasteiger partial charge in [-0.3, -0.25) is 9.69 Å². The number of hydrogen-bond donors (Lipinski definition) is 0. The first-order chi connectivity index (χ1) is 13.4. The smallest absolute Gasteiger partial charge is 0.263 e. The molecular weight excluding hydrogens is 370 g/mol. The second kappa shape index (κ2) is 8.71. The molecule has 0 aliphatic carbocycles. The number of nitrogens with zero attached hydrogens (tertiary/aromatic N) is 3. The molecule has 1 aromatic heterocycles. The van der Waals surface area contributed by atoms with Crippen LogP contribution in [0, 0.1) is 13.8 Å². The number of amides is 1. The Morgan fingerprint density at radius 1 is 1.11 bits per heavy atom. The van der Waals surface area contributed by atoms with Crippen molar-refractivity contribution in [3.8, 4) is 5.75 Å². The molecule has 2 aromatic carbocycles. The minimum absolute atomic E-state index is 0.0790. The van der Waals surface area contributed by atoms with Crippen molar-refractivity contribution in [2.45, 2.75) is 20.3 Å². The van der Waals surface area contributed by atoms with Crippen molar-refractivity contribution in [3.05, 3.63) is 53.1 Å². The summed E-state index contributed by atoms with van der Waals surface area (Å²) in [4.78, 5) is 22.2. The molecule has 6 heteroatoms. The molecule has 0 bridgehead atoms. The molecule has 3 aromatic rings. The first kappa shape index (κ1) is 20.3. The van der Waals surface area contributed by atoms with Crippen molar-refractivity contribution < 1.29 is 9.53 Å². The van der Waals surface area contributed by atoms with Crippen molar-refractivity contribution in [3.63, 3.8) is 0 Å². The van der Waals surface area contributed by atoms with E-state index in [1.165, 1.54) is 5.56 Å². The number of para-hydroxylation sites is 1. The van der Waals surface area contributed by atoms with Crippen LogP contribution in [0.25, 0.3) is 10.2 Å². The molecule has 3 rings (SSSR count). The highest BCUT2D eigenvalue weighted by Crippen LogP contribution is 2.33. The molecular formula is C22H27N3O2S. The van der Waals surface area contributed by atoms with Gasteiger partial charge < -0.3 is 9.64 Å². The fraction of sp³-hybridized carbons (Fsp3) is 0.364. The fourth-order valence-electron chi connectivity index (χ4n) is 3.13. The van der Waals surface area contributed by atoms with Crippen LogP contribution in [0.4, 0.5) is 5.13 Å². The van der Waals surface area contributed by atoms with Gasteiger partial charge in [0.1, 0.15) is 5.75 Å². The van der Waals surface area contributed by atoms with Crippen molar-refractivity contribution >= 4 is 32.6 Å². The maximum absolute atomic E-state index is 13.4. The Morgan fingerprint density at radius 3 is 2.57 bits per heavy atom. The number of anilines is 1. The Balaban J connectivity index is 2.01. The van der Waals surface area contributed by atoms with Gasteiger partial charge in [0.2, 0.25) is 0 Å². The van der Waals surface area contributed by atoms with Gasteiger partial charge in [0.05, 0.1) is 22.9 Å². The number of ether oxygens (including phenoxy) is 1. The van der Waals surface area contributed by atoms with E-state index in [0.29, 0.717) is 17.9 Å². The van der Waals surface area contributed by atoms with Crippen LogP contribution in [0.2, 0.25) is 0 Å². The lowest BCUT2D eigenvalue weighted by molar-refractivity contribution is 0.0983. The summed E-state index contributed by atoms with van der Waals surface area (Å²) in [5.74, 6) is 0.503. The lowest BCUT2D eigenvalue weighted by Crippen LogP contribution is -2.33. The molecule has 28 heavy (non-hydrogen) atoms. The highest BCUT2D eigenvalue weighted by atomic mass is 32.1. The van der Waals surface area contributed by atoms with Crippen molar-refractivity contribution in [1.82, 2.24) is 9.88 Å². The van der Waals surface area contributed by atoms with E-state index in [1.54, 1.807) is 23.3 Å². The molecule has 0 spiro atoms. The molecule has 0 aliphatic heterocycles. The molecule has 0 radical (unpaired) electrons. The van der Waals surface area contributed by atoms with Crippen LogP contribution in [0.1, 0.15) is 27.9 Å². The van der Waals surface area contributed by atoms with Gasteiger partial charge in [-0.1, -0.05) is 29.5 Å². The Morgan fingerprint density at radius 2 is 1.86 bits per heavy atom. The van der Waals surface area contributed by atoms with Gasteiger partial charge in [-0.25, -0.2) is 4.98 Å². The maximum Gasteiger partial charge on any atom is 0.263 e. The largest absolute Gasteiger partial charge is 0.496 e. The quantitative estimate of drug-likeness (QED) is 0.588. The number of aryl methyl sites for hydroxylation is 2. The molecule has 1 amide bonds. The fourth-order valence-corrected chi connectivity index (χ4v) is 4.18. The number of fused-ring (bicyclic) bond motifs is 1. The number of thiazole rings is 1. The Labute approximate surface area is 170 Å². The summed E-state index contributed by atoms with van der Waals surface area (Å²) in [6.45, 7) is 5.67. The summed E-state index contributed by atoms with van der Waals surface area (Å²) in [7, 11) is 5.67. The second-order valence-corrected chi connectivity index (χ2v) is 8.17. The van der Waals surface area contributed by atoms with Crippen LogP contribution >= 0.6 is 11.3 Å². The topological polar surface area (TPSA) is 45.7 Å². The summed E-state index contributed by atoms with van der Waals surface area (Å²) < 4.78 is 6.52. The Bertz CT molecular complexity index is 981. The zero-order valence-corrected chi connectivity index (χ0v) is 18.0. The van der Waals surface area contributed by atoms with Gasteiger partial charge in [-0.15, -0.1) is 0 Å². The van der Waals surface area contributed by atoms with Crippen molar-refractivity contribution in [2.75, 3.05) is 39.2 Å². The summed E-state index contributed by atoms with van der Waals surface area (Å²) in [5.41, 5.74) is 3.91. The highest BCUT2D eigenvalue weighted by molar-refractivity contribution is 7.22. The average Bonchev–Trinajstić information content (AvgIpc) is 3.12. The normalized spacial score (nSPS) is 11.2. The minimum Gasteiger partial charge on any atom is -0.496 e. The third-order valence-corrected chi connectivity index (χ3v) is 5.92. The highest BCUT2D eigenvalue weighted by Gasteiger charge is 2.24. The van der Waals surface area contributed by atoms with Crippen LogP contribution in [-0.4, -0.2) is 50.1 Å². The van der Waals surface area contributed by atoms with E-state index >= 15 is 0 Å². The number of rotatable bonds is 7. The molecule has 0 saturated heterocycles. The standard InChI is InChI=1S/C22H27N3O2S/c1-15-11-12-19-20(16(15)2)23-22(28-19)25(14-8-13-24(3)4)21(26)17-9-6-7-10-18(17)27-5/h6-7,9-12H,8,13-14H2,1-5H3. The zero-order chi connectivity index (χ0) is 20.3. The number of carbonyl (C=O) groups is 1. The third kappa shape index (κ3) is 4.18. The molecule has 5 nitrogen and oxygen atoms in total. The van der Waals surface area contributed by atoms with Crippen LogP contribution in [0.5, 0.6) is 5.75 Å². The first-order valence-electron chi connectivity index (χ1n) is 9.38.